The van der Waals surface area contributed by atoms with Gasteiger partial charge in [0.1, 0.15) is 0 Å². The zero-order valence-electron chi connectivity index (χ0n) is 8.62. The van der Waals surface area contributed by atoms with E-state index in [9.17, 15) is 4.79 Å². The molecule has 0 fully saturated rings. The summed E-state index contributed by atoms with van der Waals surface area (Å²) in [6, 6.07) is 3.57. The summed E-state index contributed by atoms with van der Waals surface area (Å²) < 4.78 is 0. The molecule has 0 bridgehead atoms. The van der Waals surface area contributed by atoms with Crippen molar-refractivity contribution in [3.63, 3.8) is 0 Å². The quantitative estimate of drug-likeness (QED) is 0.470. The van der Waals surface area contributed by atoms with Crippen LogP contribution in [0.3, 0.4) is 0 Å². The molecule has 5 heteroatoms. The number of nitrogens with one attached hydrogen (secondary N) is 1. The molecule has 80 valence electrons. The molecule has 0 amide bonds. The fraction of sp³-hybridized carbons (Fsp3) is 0.500. The highest BCUT2D eigenvalue weighted by atomic mass is 32.2. The maximum absolute atomic E-state index is 11.1. The summed E-state index contributed by atoms with van der Waals surface area (Å²) in [5, 5.41) is 9.00. The van der Waals surface area contributed by atoms with E-state index in [1.807, 2.05) is 0 Å². The molecule has 1 N–H and O–H groups in total. The lowest BCUT2D eigenvalue weighted by molar-refractivity contribution is 0.825. The molecular formula is C10H13N3OS. The van der Waals surface area contributed by atoms with Crippen LogP contribution in [0.2, 0.25) is 0 Å². The largest absolute Gasteiger partial charge is 0.301 e. The van der Waals surface area contributed by atoms with E-state index in [1.54, 1.807) is 6.92 Å². The lowest BCUT2D eigenvalue weighted by atomic mass is 10.3. The number of unbranched alkanes of at least 4 members (excludes halogenated alkanes) is 2. The van der Waals surface area contributed by atoms with Crippen LogP contribution in [0.1, 0.15) is 25.0 Å². The predicted molar refractivity (Wildman–Crippen MR) is 59.8 cm³/mol. The standard InChI is InChI=1S/C10H13N3OS/c1-8-7-9(14)13-10(12-8)15-6-4-2-3-5-11/h7H,2-4,6H2,1H3,(H,12,13,14). The zero-order chi connectivity index (χ0) is 11.1. The molecule has 1 aromatic rings. The number of nitrogens with zero attached hydrogens (tertiary/aromatic N) is 2. The third-order valence-electron chi connectivity index (χ3n) is 1.77. The molecular weight excluding hydrogens is 210 g/mol. The number of thioether (sulfide) groups is 1. The highest BCUT2D eigenvalue weighted by Gasteiger charge is 1.98. The van der Waals surface area contributed by atoms with Crippen LogP contribution in [0.4, 0.5) is 0 Å². The van der Waals surface area contributed by atoms with Crippen molar-refractivity contribution in [2.75, 3.05) is 5.75 Å². The molecule has 0 radical (unpaired) electrons. The molecule has 1 aromatic heterocycles. The Bertz CT molecular complexity index is 408. The van der Waals surface area contributed by atoms with E-state index in [0.29, 0.717) is 11.6 Å². The number of nitriles is 1. The minimum Gasteiger partial charge on any atom is -0.301 e. The molecule has 0 saturated carbocycles. The first kappa shape index (κ1) is 11.8. The minimum absolute atomic E-state index is 0.109. The number of aryl methyl sites for hydroxylation is 1. The number of rotatable bonds is 5. The Morgan fingerprint density at radius 1 is 1.60 bits per heavy atom. The van der Waals surface area contributed by atoms with Gasteiger partial charge in [0.05, 0.1) is 6.07 Å². The Balaban J connectivity index is 2.38. The lowest BCUT2D eigenvalue weighted by Gasteiger charge is -2.00. The van der Waals surface area contributed by atoms with E-state index < -0.39 is 0 Å². The van der Waals surface area contributed by atoms with Gasteiger partial charge in [0.2, 0.25) is 0 Å². The SMILES string of the molecule is Cc1cc(=O)[nH]c(SCCCCC#N)n1. The van der Waals surface area contributed by atoms with Gasteiger partial charge < -0.3 is 4.98 Å². The van der Waals surface area contributed by atoms with E-state index in [-0.39, 0.29) is 5.56 Å². The summed E-state index contributed by atoms with van der Waals surface area (Å²) in [6.07, 6.45) is 2.47. The van der Waals surface area contributed by atoms with Crippen molar-refractivity contribution in [1.82, 2.24) is 9.97 Å². The maximum Gasteiger partial charge on any atom is 0.251 e. The molecule has 0 unspecified atom stereocenters. The molecule has 0 spiro atoms. The number of hydrogen-bond acceptors (Lipinski definition) is 4. The molecule has 4 nitrogen and oxygen atoms in total. The average Bonchev–Trinajstić information content (AvgIpc) is 2.16. The van der Waals surface area contributed by atoms with Crippen LogP contribution in [0, 0.1) is 18.3 Å². The molecule has 0 aromatic carbocycles. The van der Waals surface area contributed by atoms with Gasteiger partial charge in [0, 0.05) is 23.9 Å². The van der Waals surface area contributed by atoms with Gasteiger partial charge in [0.25, 0.3) is 5.56 Å². The second-order valence-electron chi connectivity index (χ2n) is 3.16. The Kier molecular flexibility index (Phi) is 4.91. The fourth-order valence-corrected chi connectivity index (χ4v) is 2.02. The summed E-state index contributed by atoms with van der Waals surface area (Å²) in [4.78, 5) is 18.0. The van der Waals surface area contributed by atoms with Gasteiger partial charge >= 0.3 is 0 Å². The number of aromatic nitrogens is 2. The molecule has 0 aliphatic carbocycles. The third kappa shape index (κ3) is 4.66. The van der Waals surface area contributed by atoms with E-state index in [0.717, 1.165) is 24.3 Å². The second kappa shape index (κ2) is 6.25. The molecule has 15 heavy (non-hydrogen) atoms. The smallest absolute Gasteiger partial charge is 0.251 e. The van der Waals surface area contributed by atoms with Crippen LogP contribution < -0.4 is 5.56 Å². The van der Waals surface area contributed by atoms with Crippen molar-refractivity contribution in [1.29, 1.82) is 5.26 Å². The van der Waals surface area contributed by atoms with Crippen molar-refractivity contribution >= 4 is 11.8 Å². The summed E-state index contributed by atoms with van der Waals surface area (Å²) >= 11 is 1.52. The summed E-state index contributed by atoms with van der Waals surface area (Å²) in [7, 11) is 0. The fourth-order valence-electron chi connectivity index (χ4n) is 1.09. The van der Waals surface area contributed by atoms with Crippen LogP contribution >= 0.6 is 11.8 Å². The highest BCUT2D eigenvalue weighted by Crippen LogP contribution is 2.13. The Morgan fingerprint density at radius 3 is 3.07 bits per heavy atom. The van der Waals surface area contributed by atoms with E-state index in [4.69, 9.17) is 5.26 Å². The summed E-state index contributed by atoms with van der Waals surface area (Å²) in [6.45, 7) is 1.80. The van der Waals surface area contributed by atoms with Gasteiger partial charge in [-0.05, 0) is 19.8 Å². The summed E-state index contributed by atoms with van der Waals surface area (Å²) in [5.74, 6) is 0.883. The van der Waals surface area contributed by atoms with E-state index in [2.05, 4.69) is 16.0 Å². The number of hydrogen-bond donors (Lipinski definition) is 1. The van der Waals surface area contributed by atoms with Gasteiger partial charge in [-0.2, -0.15) is 5.26 Å². The molecule has 1 rings (SSSR count). The second-order valence-corrected chi connectivity index (χ2v) is 4.24. The molecule has 1 heterocycles. The van der Waals surface area contributed by atoms with Crippen LogP contribution in [-0.4, -0.2) is 15.7 Å². The average molecular weight is 223 g/mol. The van der Waals surface area contributed by atoms with Gasteiger partial charge in [-0.25, -0.2) is 4.98 Å². The highest BCUT2D eigenvalue weighted by molar-refractivity contribution is 7.99. The van der Waals surface area contributed by atoms with Gasteiger partial charge in [-0.3, -0.25) is 4.79 Å². The molecule has 0 aliphatic rings. The first-order chi connectivity index (χ1) is 7.22. The predicted octanol–water partition coefficient (Wildman–Crippen LogP) is 1.86. The van der Waals surface area contributed by atoms with Crippen molar-refractivity contribution in [2.24, 2.45) is 0 Å². The normalized spacial score (nSPS) is 9.87. The van der Waals surface area contributed by atoms with E-state index >= 15 is 0 Å². The third-order valence-corrected chi connectivity index (χ3v) is 2.73. The number of H-pyrrole nitrogens is 1. The molecule has 0 aliphatic heterocycles. The number of aromatic amines is 1. The van der Waals surface area contributed by atoms with Crippen LogP contribution in [0.5, 0.6) is 0 Å². The Labute approximate surface area is 92.7 Å². The van der Waals surface area contributed by atoms with Gasteiger partial charge in [0.15, 0.2) is 5.16 Å². The molecule has 0 atom stereocenters. The maximum atomic E-state index is 11.1. The lowest BCUT2D eigenvalue weighted by Crippen LogP contribution is -2.08. The van der Waals surface area contributed by atoms with Crippen molar-refractivity contribution in [3.8, 4) is 6.07 Å². The van der Waals surface area contributed by atoms with Crippen molar-refractivity contribution in [3.05, 3.63) is 22.1 Å². The minimum atomic E-state index is -0.109. The van der Waals surface area contributed by atoms with Crippen molar-refractivity contribution in [2.45, 2.75) is 31.3 Å². The van der Waals surface area contributed by atoms with Gasteiger partial charge in [-0.1, -0.05) is 11.8 Å². The Hall–Kier alpha value is -1.28. The zero-order valence-corrected chi connectivity index (χ0v) is 9.43. The van der Waals surface area contributed by atoms with Crippen LogP contribution in [0.15, 0.2) is 16.0 Å². The Morgan fingerprint density at radius 2 is 2.40 bits per heavy atom. The topological polar surface area (TPSA) is 69.5 Å². The first-order valence-corrected chi connectivity index (χ1v) is 5.78. The molecule has 0 saturated heterocycles. The van der Waals surface area contributed by atoms with E-state index in [1.165, 1.54) is 17.8 Å². The monoisotopic (exact) mass is 223 g/mol. The van der Waals surface area contributed by atoms with Crippen LogP contribution in [-0.2, 0) is 0 Å². The first-order valence-electron chi connectivity index (χ1n) is 4.80. The van der Waals surface area contributed by atoms with Gasteiger partial charge in [-0.15, -0.1) is 0 Å². The summed E-state index contributed by atoms with van der Waals surface area (Å²) in [5.41, 5.74) is 0.625. The van der Waals surface area contributed by atoms with Crippen LogP contribution in [0.25, 0.3) is 0 Å². The van der Waals surface area contributed by atoms with Crippen molar-refractivity contribution < 1.29 is 0 Å².